The molecule has 1 fully saturated rings. The van der Waals surface area contributed by atoms with E-state index in [1.54, 1.807) is 0 Å². The Kier molecular flexibility index (Phi) is 9.07. The number of aromatic nitrogens is 1. The lowest BCUT2D eigenvalue weighted by Crippen LogP contribution is -2.35. The van der Waals surface area contributed by atoms with E-state index in [1.165, 1.54) is 7.11 Å². The molecule has 0 bridgehead atoms. The van der Waals surface area contributed by atoms with Crippen LogP contribution in [0.2, 0.25) is 0 Å². The summed E-state index contributed by atoms with van der Waals surface area (Å²) in [4.78, 5) is 36.6. The van der Waals surface area contributed by atoms with E-state index in [1.807, 2.05) is 47.1 Å². The highest BCUT2D eigenvalue weighted by atomic mass is 32.2. The molecule has 0 spiro atoms. The first-order chi connectivity index (χ1) is 16.9. The van der Waals surface area contributed by atoms with Gasteiger partial charge in [-0.05, 0) is 24.0 Å². The Morgan fingerprint density at radius 3 is 2.63 bits per heavy atom. The van der Waals surface area contributed by atoms with Crippen LogP contribution in [0.5, 0.6) is 0 Å². The van der Waals surface area contributed by atoms with E-state index in [9.17, 15) is 14.9 Å². The molecule has 0 saturated carbocycles. The molecule has 1 aliphatic rings. The monoisotopic (exact) mass is 492 g/mol. The van der Waals surface area contributed by atoms with Gasteiger partial charge in [0.1, 0.15) is 22.2 Å². The molecule has 1 amide bonds. The van der Waals surface area contributed by atoms with Gasteiger partial charge in [-0.15, -0.1) is 0 Å². The second-order valence-electron chi connectivity index (χ2n) is 8.02. The number of thioether (sulfide) groups is 1. The molecular weight excluding hydrogens is 464 g/mol. The molecular formula is C25H28N6O3S. The second kappa shape index (κ2) is 12.2. The summed E-state index contributed by atoms with van der Waals surface area (Å²) >= 11 is 1.14. The van der Waals surface area contributed by atoms with Crippen LogP contribution in [0.15, 0.2) is 35.4 Å². The predicted octanol–water partition coefficient (Wildman–Crippen LogP) is 3.07. The number of nitrogens with zero attached hydrogens (tertiary/aromatic N) is 5. The van der Waals surface area contributed by atoms with Crippen LogP contribution in [0.25, 0.3) is 4.85 Å². The molecule has 1 aromatic heterocycles. The molecule has 2 heterocycles. The zero-order valence-electron chi connectivity index (χ0n) is 19.9. The average molecular weight is 493 g/mol. The van der Waals surface area contributed by atoms with Gasteiger partial charge in [0.05, 0.1) is 25.8 Å². The largest absolute Gasteiger partial charge is 0.468 e. The lowest BCUT2D eigenvalue weighted by molar-refractivity contribution is -0.141. The summed E-state index contributed by atoms with van der Waals surface area (Å²) in [5, 5.41) is 9.63. The third-order valence-corrected chi connectivity index (χ3v) is 7.12. The predicted molar refractivity (Wildman–Crippen MR) is 134 cm³/mol. The Morgan fingerprint density at radius 2 is 2.03 bits per heavy atom. The minimum atomic E-state index is -0.730. The van der Waals surface area contributed by atoms with Crippen molar-refractivity contribution < 1.29 is 14.3 Å². The van der Waals surface area contributed by atoms with Crippen LogP contribution in [0.3, 0.4) is 0 Å². The normalized spacial score (nSPS) is 14.9. The summed E-state index contributed by atoms with van der Waals surface area (Å²) in [6.45, 7) is 12.5. The standard InChI is InChI=1S/C25H28N6O3S/c1-4-18-19(15-26)25(35-22(23(27)33)17-9-6-5-7-10-17)29-24(21(18)28-2)31-12-8-11-30(13-14-31)16-20(32)34-3/h5-7,9-10,22H,4,8,11-14,16H2,1,3H3,(H2,27,33). The number of rotatable bonds is 8. The third kappa shape index (κ3) is 6.10. The molecule has 0 aliphatic carbocycles. The quantitative estimate of drug-likeness (QED) is 0.339. The van der Waals surface area contributed by atoms with Crippen LogP contribution in [0.4, 0.5) is 11.5 Å². The fraction of sp³-hybridized carbons (Fsp3) is 0.400. The molecule has 3 rings (SSSR count). The zero-order valence-corrected chi connectivity index (χ0v) is 20.7. The van der Waals surface area contributed by atoms with Gasteiger partial charge in [0, 0.05) is 26.2 Å². The number of hydrogen-bond donors (Lipinski definition) is 1. The number of carbonyl (C=O) groups excluding carboxylic acids is 2. The zero-order chi connectivity index (χ0) is 25.4. The molecule has 1 saturated heterocycles. The lowest BCUT2D eigenvalue weighted by atomic mass is 10.1. The smallest absolute Gasteiger partial charge is 0.319 e. The first-order valence-electron chi connectivity index (χ1n) is 11.3. The van der Waals surface area contributed by atoms with Crippen molar-refractivity contribution >= 4 is 35.1 Å². The summed E-state index contributed by atoms with van der Waals surface area (Å²) < 4.78 is 4.79. The molecule has 1 unspecified atom stereocenters. The first-order valence-corrected chi connectivity index (χ1v) is 12.2. The van der Waals surface area contributed by atoms with Crippen LogP contribution >= 0.6 is 11.8 Å². The Bertz CT molecular complexity index is 1160. The third-order valence-electron chi connectivity index (χ3n) is 5.86. The van der Waals surface area contributed by atoms with E-state index in [-0.39, 0.29) is 12.5 Å². The molecule has 182 valence electrons. The highest BCUT2D eigenvalue weighted by molar-refractivity contribution is 8.00. The van der Waals surface area contributed by atoms with Gasteiger partial charge in [0.25, 0.3) is 0 Å². The van der Waals surface area contributed by atoms with Gasteiger partial charge < -0.3 is 15.4 Å². The van der Waals surface area contributed by atoms with Crippen molar-refractivity contribution in [1.82, 2.24) is 9.88 Å². The Hall–Kier alpha value is -3.60. The average Bonchev–Trinajstić information content (AvgIpc) is 3.11. The maximum atomic E-state index is 12.4. The fourth-order valence-corrected chi connectivity index (χ4v) is 5.15. The van der Waals surface area contributed by atoms with Gasteiger partial charge in [-0.25, -0.2) is 9.83 Å². The van der Waals surface area contributed by atoms with Crippen molar-refractivity contribution in [1.29, 1.82) is 5.26 Å². The molecule has 9 nitrogen and oxygen atoms in total. The van der Waals surface area contributed by atoms with E-state index in [2.05, 4.69) is 10.9 Å². The lowest BCUT2D eigenvalue weighted by Gasteiger charge is -2.26. The number of carbonyl (C=O) groups is 2. The molecule has 35 heavy (non-hydrogen) atoms. The SMILES string of the molecule is [C-]#[N+]c1c(N2CCCN(CC(=O)OC)CC2)nc(SC(C(N)=O)c2ccccc2)c(C#N)c1CC. The highest BCUT2D eigenvalue weighted by Crippen LogP contribution is 2.42. The first kappa shape index (κ1) is 26.0. The number of pyridine rings is 1. The van der Waals surface area contributed by atoms with Crippen LogP contribution in [0.1, 0.15) is 35.3 Å². The number of anilines is 1. The maximum Gasteiger partial charge on any atom is 0.319 e. The molecule has 1 aromatic carbocycles. The van der Waals surface area contributed by atoms with Crippen molar-refractivity contribution in [2.75, 3.05) is 44.7 Å². The number of nitriles is 1. The molecule has 0 radical (unpaired) electrons. The molecule has 2 aromatic rings. The van der Waals surface area contributed by atoms with Gasteiger partial charge in [0.15, 0.2) is 0 Å². The number of hydrogen-bond acceptors (Lipinski definition) is 8. The number of nitrogens with two attached hydrogens (primary N) is 1. The summed E-state index contributed by atoms with van der Waals surface area (Å²) in [7, 11) is 1.37. The molecule has 1 atom stereocenters. The summed E-state index contributed by atoms with van der Waals surface area (Å²) in [6.07, 6.45) is 1.24. The number of esters is 1. The number of ether oxygens (including phenoxy) is 1. The summed E-state index contributed by atoms with van der Waals surface area (Å²) in [5.41, 5.74) is 7.72. The van der Waals surface area contributed by atoms with Crippen LogP contribution < -0.4 is 10.6 Å². The van der Waals surface area contributed by atoms with Crippen LogP contribution in [-0.2, 0) is 20.7 Å². The second-order valence-corrected chi connectivity index (χ2v) is 9.12. The van der Waals surface area contributed by atoms with Gasteiger partial charge >= 0.3 is 5.97 Å². The topological polar surface area (TPSA) is 117 Å². The van der Waals surface area contributed by atoms with Crippen LogP contribution in [-0.4, -0.2) is 61.6 Å². The van der Waals surface area contributed by atoms with Gasteiger partial charge in [-0.1, -0.05) is 49.0 Å². The Labute approximate surface area is 209 Å². The van der Waals surface area contributed by atoms with Gasteiger partial charge in [-0.2, -0.15) is 5.26 Å². The Morgan fingerprint density at radius 1 is 1.29 bits per heavy atom. The fourth-order valence-electron chi connectivity index (χ4n) is 4.09. The van der Waals surface area contributed by atoms with E-state index >= 15 is 0 Å². The van der Waals surface area contributed by atoms with E-state index in [4.69, 9.17) is 22.0 Å². The molecule has 1 aliphatic heterocycles. The Balaban J connectivity index is 2.02. The minimum Gasteiger partial charge on any atom is -0.468 e. The number of amides is 1. The van der Waals surface area contributed by atoms with Crippen molar-refractivity contribution in [3.8, 4) is 6.07 Å². The van der Waals surface area contributed by atoms with Gasteiger partial charge in [-0.3, -0.25) is 14.5 Å². The highest BCUT2D eigenvalue weighted by Gasteiger charge is 2.28. The molecule has 2 N–H and O–H groups in total. The van der Waals surface area contributed by atoms with E-state index < -0.39 is 11.2 Å². The maximum absolute atomic E-state index is 12.4. The summed E-state index contributed by atoms with van der Waals surface area (Å²) in [5.74, 6) is -0.328. The van der Waals surface area contributed by atoms with E-state index in [0.29, 0.717) is 53.7 Å². The minimum absolute atomic E-state index is 0.208. The summed E-state index contributed by atoms with van der Waals surface area (Å²) in [6, 6.07) is 11.3. The van der Waals surface area contributed by atoms with Gasteiger partial charge in [0.2, 0.25) is 11.6 Å². The number of primary amides is 1. The number of methoxy groups -OCH3 is 1. The number of benzene rings is 1. The van der Waals surface area contributed by atoms with Crippen molar-refractivity contribution in [2.24, 2.45) is 5.73 Å². The molecule has 10 heteroatoms. The van der Waals surface area contributed by atoms with E-state index in [0.717, 1.165) is 30.3 Å². The van der Waals surface area contributed by atoms with Crippen molar-refractivity contribution in [3.05, 3.63) is 58.4 Å². The van der Waals surface area contributed by atoms with Crippen LogP contribution in [0, 0.1) is 17.9 Å². The van der Waals surface area contributed by atoms with Crippen molar-refractivity contribution in [2.45, 2.75) is 30.0 Å². The van der Waals surface area contributed by atoms with Crippen molar-refractivity contribution in [3.63, 3.8) is 0 Å².